The Morgan fingerprint density at radius 2 is 1.84 bits per heavy atom. The summed E-state index contributed by atoms with van der Waals surface area (Å²) >= 11 is 0. The van der Waals surface area contributed by atoms with Gasteiger partial charge in [-0.1, -0.05) is 38.1 Å². The average molecular weight is 421 g/mol. The molecule has 0 saturated heterocycles. The van der Waals surface area contributed by atoms with Crippen molar-refractivity contribution in [3.63, 3.8) is 0 Å². The molecule has 7 nitrogen and oxygen atoms in total. The Balaban J connectivity index is 1.78. The lowest BCUT2D eigenvalue weighted by Gasteiger charge is -2.17. The molecule has 0 aliphatic rings. The van der Waals surface area contributed by atoms with Crippen LogP contribution in [0, 0.1) is 12.3 Å². The largest absolute Gasteiger partial charge is 0.497 e. The third kappa shape index (κ3) is 5.72. The summed E-state index contributed by atoms with van der Waals surface area (Å²) in [6.45, 7) is 8.55. The van der Waals surface area contributed by atoms with Gasteiger partial charge in [-0.15, -0.1) is 0 Å². The van der Waals surface area contributed by atoms with E-state index in [1.165, 1.54) is 0 Å². The number of rotatable bonds is 6. The van der Waals surface area contributed by atoms with Crippen molar-refractivity contribution in [2.45, 2.75) is 27.7 Å². The topological polar surface area (TPSA) is 93.5 Å². The van der Waals surface area contributed by atoms with E-state index in [1.54, 1.807) is 37.4 Å². The Morgan fingerprint density at radius 1 is 1.06 bits per heavy atom. The first-order valence-electron chi connectivity index (χ1n) is 9.97. The lowest BCUT2D eigenvalue weighted by atomic mass is 9.97. The standard InChI is InChI=1S/C24H27N3O4/c1-15-9-10-17(26-22(28)16-7-6-8-18(11-16)30-5)12-19(15)20-13-21(31-27-20)23(29)25-14-24(2,3)4/h6-13H,14H2,1-5H3,(H,25,29)(H,26,28). The summed E-state index contributed by atoms with van der Waals surface area (Å²) in [6.07, 6.45) is 0. The van der Waals surface area contributed by atoms with E-state index in [2.05, 4.69) is 15.8 Å². The summed E-state index contributed by atoms with van der Waals surface area (Å²) in [7, 11) is 1.55. The maximum absolute atomic E-state index is 12.6. The van der Waals surface area contributed by atoms with Crippen LogP contribution < -0.4 is 15.4 Å². The van der Waals surface area contributed by atoms with Crippen LogP contribution in [-0.4, -0.2) is 30.6 Å². The van der Waals surface area contributed by atoms with Gasteiger partial charge in [0.1, 0.15) is 11.4 Å². The number of aryl methyl sites for hydroxylation is 1. The lowest BCUT2D eigenvalue weighted by molar-refractivity contribution is 0.0902. The minimum Gasteiger partial charge on any atom is -0.497 e. The third-order valence-electron chi connectivity index (χ3n) is 4.62. The van der Waals surface area contributed by atoms with E-state index in [0.29, 0.717) is 29.2 Å². The highest BCUT2D eigenvalue weighted by atomic mass is 16.5. The molecule has 7 heteroatoms. The van der Waals surface area contributed by atoms with E-state index in [9.17, 15) is 9.59 Å². The van der Waals surface area contributed by atoms with Gasteiger partial charge in [0.2, 0.25) is 5.76 Å². The number of nitrogens with zero attached hydrogens (tertiary/aromatic N) is 1. The Hall–Kier alpha value is -3.61. The molecule has 0 fully saturated rings. The highest BCUT2D eigenvalue weighted by Crippen LogP contribution is 2.27. The van der Waals surface area contributed by atoms with Gasteiger partial charge in [0, 0.05) is 29.4 Å². The van der Waals surface area contributed by atoms with Crippen LogP contribution in [0.4, 0.5) is 5.69 Å². The number of benzene rings is 2. The van der Waals surface area contributed by atoms with Gasteiger partial charge in [0.25, 0.3) is 11.8 Å². The van der Waals surface area contributed by atoms with Crippen LogP contribution in [0.5, 0.6) is 5.75 Å². The highest BCUT2D eigenvalue weighted by molar-refractivity contribution is 6.04. The van der Waals surface area contributed by atoms with Gasteiger partial charge in [0.15, 0.2) is 0 Å². The predicted octanol–water partition coefficient (Wildman–Crippen LogP) is 4.69. The van der Waals surface area contributed by atoms with Crippen LogP contribution in [0.2, 0.25) is 0 Å². The fourth-order valence-electron chi connectivity index (χ4n) is 2.88. The maximum atomic E-state index is 12.6. The minimum absolute atomic E-state index is 0.0373. The molecule has 0 aliphatic heterocycles. The number of carbonyl (C=O) groups excluding carboxylic acids is 2. The summed E-state index contributed by atoms with van der Waals surface area (Å²) in [6, 6.07) is 14.0. The van der Waals surface area contributed by atoms with E-state index < -0.39 is 0 Å². The lowest BCUT2D eigenvalue weighted by Crippen LogP contribution is -2.31. The molecule has 0 spiro atoms. The van der Waals surface area contributed by atoms with Crippen molar-refractivity contribution in [3.05, 3.63) is 65.4 Å². The highest BCUT2D eigenvalue weighted by Gasteiger charge is 2.18. The smallest absolute Gasteiger partial charge is 0.289 e. The molecular weight excluding hydrogens is 394 g/mol. The molecule has 0 atom stereocenters. The molecule has 0 radical (unpaired) electrons. The number of carbonyl (C=O) groups is 2. The minimum atomic E-state index is -0.311. The average Bonchev–Trinajstić information content (AvgIpc) is 3.23. The first-order valence-corrected chi connectivity index (χ1v) is 9.97. The number of amides is 2. The molecule has 3 aromatic rings. The number of hydrogen-bond donors (Lipinski definition) is 2. The van der Waals surface area contributed by atoms with Gasteiger partial charge in [-0.2, -0.15) is 0 Å². The maximum Gasteiger partial charge on any atom is 0.289 e. The first-order chi connectivity index (χ1) is 14.7. The van der Waals surface area contributed by atoms with Crippen molar-refractivity contribution in [3.8, 4) is 17.0 Å². The normalized spacial score (nSPS) is 11.1. The first kappa shape index (κ1) is 22.1. The summed E-state index contributed by atoms with van der Waals surface area (Å²) in [5.41, 5.74) is 3.29. The summed E-state index contributed by atoms with van der Waals surface area (Å²) in [4.78, 5) is 24.9. The van der Waals surface area contributed by atoms with Crippen molar-refractivity contribution >= 4 is 17.5 Å². The molecule has 3 rings (SSSR count). The number of aromatic nitrogens is 1. The van der Waals surface area contributed by atoms with Crippen LogP contribution in [0.1, 0.15) is 47.2 Å². The van der Waals surface area contributed by atoms with Gasteiger partial charge < -0.3 is 19.9 Å². The number of methoxy groups -OCH3 is 1. The van der Waals surface area contributed by atoms with E-state index in [0.717, 1.165) is 11.1 Å². The van der Waals surface area contributed by atoms with E-state index >= 15 is 0 Å². The Bertz CT molecular complexity index is 1100. The van der Waals surface area contributed by atoms with Gasteiger partial charge in [-0.05, 0) is 48.2 Å². The van der Waals surface area contributed by atoms with E-state index in [4.69, 9.17) is 9.26 Å². The van der Waals surface area contributed by atoms with Crippen LogP contribution in [0.15, 0.2) is 53.1 Å². The molecular formula is C24H27N3O4. The molecule has 2 N–H and O–H groups in total. The molecule has 1 aromatic heterocycles. The monoisotopic (exact) mass is 421 g/mol. The number of hydrogen-bond acceptors (Lipinski definition) is 5. The Kier molecular flexibility index (Phi) is 6.44. The second-order valence-electron chi connectivity index (χ2n) is 8.54. The van der Waals surface area contributed by atoms with Gasteiger partial charge in [-0.25, -0.2) is 0 Å². The fraction of sp³-hybridized carbons (Fsp3) is 0.292. The zero-order chi connectivity index (χ0) is 22.6. The van der Waals surface area contributed by atoms with E-state index in [1.807, 2.05) is 45.9 Å². The number of anilines is 1. The third-order valence-corrected chi connectivity index (χ3v) is 4.62. The van der Waals surface area contributed by atoms with Crippen molar-refractivity contribution in [2.75, 3.05) is 19.0 Å². The van der Waals surface area contributed by atoms with Crippen LogP contribution in [-0.2, 0) is 0 Å². The predicted molar refractivity (Wildman–Crippen MR) is 119 cm³/mol. The molecule has 1 heterocycles. The van der Waals surface area contributed by atoms with Crippen molar-refractivity contribution in [1.29, 1.82) is 0 Å². The van der Waals surface area contributed by atoms with Gasteiger partial charge in [0.05, 0.1) is 7.11 Å². The molecule has 0 aliphatic carbocycles. The Morgan fingerprint density at radius 3 is 2.55 bits per heavy atom. The van der Waals surface area contributed by atoms with Crippen molar-refractivity contribution in [2.24, 2.45) is 5.41 Å². The molecule has 0 bridgehead atoms. The second-order valence-corrected chi connectivity index (χ2v) is 8.54. The summed E-state index contributed by atoms with van der Waals surface area (Å²) in [5.74, 6) is 0.187. The quantitative estimate of drug-likeness (QED) is 0.602. The molecule has 0 unspecified atom stereocenters. The second kappa shape index (κ2) is 9.04. The summed E-state index contributed by atoms with van der Waals surface area (Å²) in [5, 5.41) is 9.77. The fourth-order valence-corrected chi connectivity index (χ4v) is 2.88. The zero-order valence-corrected chi connectivity index (χ0v) is 18.4. The molecule has 2 amide bonds. The van der Waals surface area contributed by atoms with Crippen LogP contribution >= 0.6 is 0 Å². The molecule has 162 valence electrons. The summed E-state index contributed by atoms with van der Waals surface area (Å²) < 4.78 is 10.4. The van der Waals surface area contributed by atoms with Gasteiger partial charge >= 0.3 is 0 Å². The molecule has 2 aromatic carbocycles. The van der Waals surface area contributed by atoms with Gasteiger partial charge in [-0.3, -0.25) is 9.59 Å². The SMILES string of the molecule is COc1cccc(C(=O)Nc2ccc(C)c(-c3cc(C(=O)NCC(C)(C)C)on3)c2)c1. The zero-order valence-electron chi connectivity index (χ0n) is 18.4. The van der Waals surface area contributed by atoms with Crippen molar-refractivity contribution < 1.29 is 18.8 Å². The van der Waals surface area contributed by atoms with Crippen LogP contribution in [0.25, 0.3) is 11.3 Å². The number of ether oxygens (including phenoxy) is 1. The number of nitrogens with one attached hydrogen (secondary N) is 2. The van der Waals surface area contributed by atoms with E-state index in [-0.39, 0.29) is 23.0 Å². The Labute approximate surface area is 181 Å². The van der Waals surface area contributed by atoms with Crippen LogP contribution in [0.3, 0.4) is 0 Å². The molecule has 0 saturated carbocycles. The molecule has 31 heavy (non-hydrogen) atoms. The van der Waals surface area contributed by atoms with Crippen molar-refractivity contribution in [1.82, 2.24) is 10.5 Å².